The number of rotatable bonds is 4. The number of aromatic nitrogens is 1. The third-order valence-corrected chi connectivity index (χ3v) is 2.81. The van der Waals surface area contributed by atoms with Gasteiger partial charge in [0.2, 0.25) is 0 Å². The summed E-state index contributed by atoms with van der Waals surface area (Å²) in [6.45, 7) is 1.40. The molecule has 15 heavy (non-hydrogen) atoms. The Morgan fingerprint density at radius 3 is 3.13 bits per heavy atom. The van der Waals surface area contributed by atoms with Crippen LogP contribution in [0.15, 0.2) is 28.2 Å². The molecule has 76 valence electrons. The maximum Gasteiger partial charge on any atom is 0.150 e. The summed E-state index contributed by atoms with van der Waals surface area (Å²) in [5.74, 6) is 0.812. The Bertz CT molecular complexity index is 455. The maximum atomic E-state index is 8.64. The number of nitrogens with zero attached hydrogens (tertiary/aromatic N) is 2. The van der Waals surface area contributed by atoms with Crippen molar-refractivity contribution in [2.24, 2.45) is 0 Å². The summed E-state index contributed by atoms with van der Waals surface area (Å²) in [5, 5.41) is 17.3. The zero-order chi connectivity index (χ0) is 10.5. The lowest BCUT2D eigenvalue weighted by atomic mass is 10.3. The van der Waals surface area contributed by atoms with Crippen molar-refractivity contribution in [2.75, 3.05) is 0 Å². The first kappa shape index (κ1) is 9.90. The fourth-order valence-electron chi connectivity index (χ4n) is 1.17. The van der Waals surface area contributed by atoms with Crippen LogP contribution in [0.3, 0.4) is 0 Å². The molecule has 0 saturated carbocycles. The van der Waals surface area contributed by atoms with Crippen molar-refractivity contribution >= 4 is 11.3 Å². The zero-order valence-electron chi connectivity index (χ0n) is 7.93. The molecule has 0 radical (unpaired) electrons. The largest absolute Gasteiger partial charge is 0.360 e. The lowest BCUT2D eigenvalue weighted by Gasteiger charge is -1.98. The Kier molecular flexibility index (Phi) is 3.12. The van der Waals surface area contributed by atoms with Crippen LogP contribution in [0.4, 0.5) is 0 Å². The monoisotopic (exact) mass is 219 g/mol. The average molecular weight is 219 g/mol. The van der Waals surface area contributed by atoms with Gasteiger partial charge in [-0.2, -0.15) is 5.26 Å². The molecule has 0 aliphatic heterocycles. The number of nitrogens with one attached hydrogen (secondary N) is 1. The molecule has 2 rings (SSSR count). The number of hydrogen-bond acceptors (Lipinski definition) is 5. The van der Waals surface area contributed by atoms with Gasteiger partial charge in [0.05, 0.1) is 18.3 Å². The minimum absolute atomic E-state index is 0.653. The van der Waals surface area contributed by atoms with Gasteiger partial charge in [-0.15, -0.1) is 11.3 Å². The van der Waals surface area contributed by atoms with Crippen LogP contribution in [0.25, 0.3) is 0 Å². The van der Waals surface area contributed by atoms with Crippen LogP contribution >= 0.6 is 11.3 Å². The van der Waals surface area contributed by atoms with Gasteiger partial charge < -0.3 is 9.84 Å². The molecular formula is C10H9N3OS. The number of thiophene rings is 1. The van der Waals surface area contributed by atoms with Gasteiger partial charge in [-0.05, 0) is 6.07 Å². The lowest BCUT2D eigenvalue weighted by molar-refractivity contribution is 0.373. The quantitative estimate of drug-likeness (QED) is 0.853. The second kappa shape index (κ2) is 4.73. The van der Waals surface area contributed by atoms with Crippen LogP contribution in [-0.4, -0.2) is 5.16 Å². The van der Waals surface area contributed by atoms with Gasteiger partial charge in [-0.25, -0.2) is 0 Å². The minimum atomic E-state index is 0.653. The van der Waals surface area contributed by atoms with Gasteiger partial charge >= 0.3 is 0 Å². The van der Waals surface area contributed by atoms with Crippen LogP contribution in [-0.2, 0) is 13.1 Å². The Labute approximate surface area is 91.1 Å². The van der Waals surface area contributed by atoms with Crippen LogP contribution in [0.1, 0.15) is 16.2 Å². The molecule has 0 aromatic carbocycles. The SMILES string of the molecule is N#Cc1csc(CNCc2ccno2)c1. The van der Waals surface area contributed by atoms with E-state index in [9.17, 15) is 0 Å². The van der Waals surface area contributed by atoms with Crippen molar-refractivity contribution in [1.82, 2.24) is 10.5 Å². The van der Waals surface area contributed by atoms with Crippen LogP contribution in [0.2, 0.25) is 0 Å². The molecule has 0 amide bonds. The van der Waals surface area contributed by atoms with E-state index in [2.05, 4.69) is 16.5 Å². The smallest absolute Gasteiger partial charge is 0.150 e. The van der Waals surface area contributed by atoms with Crippen molar-refractivity contribution in [1.29, 1.82) is 5.26 Å². The van der Waals surface area contributed by atoms with Crippen molar-refractivity contribution in [2.45, 2.75) is 13.1 Å². The molecule has 0 spiro atoms. The third-order valence-electron chi connectivity index (χ3n) is 1.87. The van der Waals surface area contributed by atoms with Gasteiger partial charge in [0.25, 0.3) is 0 Å². The topological polar surface area (TPSA) is 61.9 Å². The second-order valence-electron chi connectivity index (χ2n) is 3.00. The molecule has 0 aliphatic rings. The maximum absolute atomic E-state index is 8.64. The highest BCUT2D eigenvalue weighted by Gasteiger charge is 2.00. The Hall–Kier alpha value is -1.64. The van der Waals surface area contributed by atoms with E-state index in [-0.39, 0.29) is 0 Å². The van der Waals surface area contributed by atoms with E-state index in [0.717, 1.165) is 22.7 Å². The molecule has 2 aromatic heterocycles. The molecular weight excluding hydrogens is 210 g/mol. The molecule has 0 aliphatic carbocycles. The zero-order valence-corrected chi connectivity index (χ0v) is 8.75. The van der Waals surface area contributed by atoms with Gasteiger partial charge in [-0.1, -0.05) is 5.16 Å². The van der Waals surface area contributed by atoms with Crippen LogP contribution in [0, 0.1) is 11.3 Å². The van der Waals surface area contributed by atoms with Crippen LogP contribution < -0.4 is 5.32 Å². The summed E-state index contributed by atoms with van der Waals surface area (Å²) in [7, 11) is 0. The van der Waals surface area contributed by atoms with Gasteiger partial charge in [-0.3, -0.25) is 0 Å². The highest BCUT2D eigenvalue weighted by molar-refractivity contribution is 7.10. The van der Waals surface area contributed by atoms with E-state index in [4.69, 9.17) is 9.78 Å². The summed E-state index contributed by atoms with van der Waals surface area (Å²) < 4.78 is 4.94. The molecule has 4 nitrogen and oxygen atoms in total. The van der Waals surface area contributed by atoms with Crippen molar-refractivity contribution in [3.63, 3.8) is 0 Å². The van der Waals surface area contributed by atoms with Gasteiger partial charge in [0, 0.05) is 22.9 Å². The fourth-order valence-corrected chi connectivity index (χ4v) is 1.95. The molecule has 0 fully saturated rings. The van der Waals surface area contributed by atoms with E-state index in [1.54, 1.807) is 17.5 Å². The summed E-state index contributed by atoms with van der Waals surface area (Å²) >= 11 is 1.58. The van der Waals surface area contributed by atoms with E-state index < -0.39 is 0 Å². The van der Waals surface area contributed by atoms with Crippen LogP contribution in [0.5, 0.6) is 0 Å². The first-order valence-electron chi connectivity index (χ1n) is 4.46. The standard InChI is InChI=1S/C10H9N3OS/c11-4-8-3-10(15-7-8)6-12-5-9-1-2-13-14-9/h1-3,7,12H,5-6H2. The number of hydrogen-bond donors (Lipinski definition) is 1. The highest BCUT2D eigenvalue weighted by Crippen LogP contribution is 2.13. The Morgan fingerprint density at radius 1 is 1.53 bits per heavy atom. The predicted molar refractivity (Wildman–Crippen MR) is 56.1 cm³/mol. The summed E-state index contributed by atoms with van der Waals surface area (Å²) in [4.78, 5) is 1.14. The van der Waals surface area contributed by atoms with E-state index in [1.807, 2.05) is 17.5 Å². The summed E-state index contributed by atoms with van der Waals surface area (Å²) in [5.41, 5.74) is 0.719. The Balaban J connectivity index is 1.81. The third kappa shape index (κ3) is 2.65. The fraction of sp³-hybridized carbons (Fsp3) is 0.200. The molecule has 5 heteroatoms. The van der Waals surface area contributed by atoms with Crippen molar-refractivity contribution < 1.29 is 4.52 Å². The molecule has 0 saturated heterocycles. The Morgan fingerprint density at radius 2 is 2.47 bits per heavy atom. The summed E-state index contributed by atoms with van der Waals surface area (Å²) in [6.07, 6.45) is 1.62. The second-order valence-corrected chi connectivity index (χ2v) is 3.99. The first-order chi connectivity index (χ1) is 7.38. The molecule has 1 N–H and O–H groups in total. The first-order valence-corrected chi connectivity index (χ1v) is 5.34. The van der Waals surface area contributed by atoms with E-state index in [0.29, 0.717) is 6.54 Å². The van der Waals surface area contributed by atoms with Gasteiger partial charge in [0.1, 0.15) is 11.8 Å². The predicted octanol–water partition coefficient (Wildman–Crippen LogP) is 1.90. The average Bonchev–Trinajstić information content (AvgIpc) is 2.88. The van der Waals surface area contributed by atoms with E-state index in [1.165, 1.54) is 0 Å². The van der Waals surface area contributed by atoms with E-state index >= 15 is 0 Å². The molecule has 0 atom stereocenters. The van der Waals surface area contributed by atoms with Crippen molar-refractivity contribution in [3.05, 3.63) is 39.9 Å². The molecule has 0 bridgehead atoms. The molecule has 2 heterocycles. The summed E-state index contributed by atoms with van der Waals surface area (Å²) in [6, 6.07) is 5.81. The normalized spacial score (nSPS) is 10.1. The van der Waals surface area contributed by atoms with Gasteiger partial charge in [0.15, 0.2) is 0 Å². The molecule has 2 aromatic rings. The molecule has 0 unspecified atom stereocenters. The lowest BCUT2D eigenvalue weighted by Crippen LogP contribution is -2.10. The minimum Gasteiger partial charge on any atom is -0.360 e. The number of nitriles is 1. The highest BCUT2D eigenvalue weighted by atomic mass is 32.1. The van der Waals surface area contributed by atoms with Crippen molar-refractivity contribution in [3.8, 4) is 6.07 Å².